The van der Waals surface area contributed by atoms with E-state index in [0.717, 1.165) is 16.8 Å². The lowest BCUT2D eigenvalue weighted by Crippen LogP contribution is -2.37. The third-order valence-corrected chi connectivity index (χ3v) is 6.65. The minimum absolute atomic E-state index is 0.121. The lowest BCUT2D eigenvalue weighted by molar-refractivity contribution is 0.102. The normalized spacial score (nSPS) is 12.7. The number of nitrogens with zero attached hydrogens (tertiary/aromatic N) is 4. The summed E-state index contributed by atoms with van der Waals surface area (Å²) in [7, 11) is 1.52. The molecule has 0 unspecified atom stereocenters. The molecule has 2 aromatic heterocycles. The molecular formula is C27H25ClN6O3. The predicted molar refractivity (Wildman–Crippen MR) is 144 cm³/mol. The Bertz CT molecular complexity index is 1550. The Morgan fingerprint density at radius 1 is 1.16 bits per heavy atom. The van der Waals surface area contributed by atoms with Crippen LogP contribution in [0.1, 0.15) is 27.2 Å². The topological polar surface area (TPSA) is 115 Å². The maximum Gasteiger partial charge on any atom is 0.278 e. The molecule has 10 heteroatoms. The van der Waals surface area contributed by atoms with Crippen LogP contribution in [0.4, 0.5) is 17.3 Å². The van der Waals surface area contributed by atoms with Crippen LogP contribution in [0.15, 0.2) is 65.7 Å². The van der Waals surface area contributed by atoms with Gasteiger partial charge in [-0.1, -0.05) is 11.6 Å². The predicted octanol–water partition coefficient (Wildman–Crippen LogP) is 4.00. The quantitative estimate of drug-likeness (QED) is 0.412. The first-order valence-electron chi connectivity index (χ1n) is 11.7. The van der Waals surface area contributed by atoms with Gasteiger partial charge in [-0.05, 0) is 61.0 Å². The van der Waals surface area contributed by atoms with E-state index in [9.17, 15) is 9.59 Å². The summed E-state index contributed by atoms with van der Waals surface area (Å²) in [6, 6.07) is 13.9. The Balaban J connectivity index is 1.37. The Labute approximate surface area is 218 Å². The number of methoxy groups -OCH3 is 1. The minimum Gasteiger partial charge on any atom is -0.495 e. The van der Waals surface area contributed by atoms with Crippen LogP contribution in [0.5, 0.6) is 5.75 Å². The zero-order chi connectivity index (χ0) is 26.1. The van der Waals surface area contributed by atoms with Crippen molar-refractivity contribution in [2.24, 2.45) is 0 Å². The van der Waals surface area contributed by atoms with Crippen molar-refractivity contribution >= 4 is 34.8 Å². The first-order chi connectivity index (χ1) is 17.8. The summed E-state index contributed by atoms with van der Waals surface area (Å²) in [6.07, 6.45) is 4.17. The van der Waals surface area contributed by atoms with Gasteiger partial charge in [0.05, 0.1) is 17.8 Å². The highest BCUT2D eigenvalue weighted by atomic mass is 35.5. The molecule has 0 aliphatic carbocycles. The number of carbonyl (C=O) groups is 1. The highest BCUT2D eigenvalue weighted by Gasteiger charge is 2.23. The molecule has 3 N–H and O–H groups in total. The van der Waals surface area contributed by atoms with Gasteiger partial charge in [-0.3, -0.25) is 14.2 Å². The van der Waals surface area contributed by atoms with Gasteiger partial charge in [0, 0.05) is 54.4 Å². The number of nitrogens with one attached hydrogen (secondary N) is 1. The summed E-state index contributed by atoms with van der Waals surface area (Å²) in [5.41, 5.74) is 10.7. The highest BCUT2D eigenvalue weighted by molar-refractivity contribution is 6.32. The van der Waals surface area contributed by atoms with E-state index in [2.05, 4.69) is 20.2 Å². The van der Waals surface area contributed by atoms with Gasteiger partial charge in [-0.25, -0.2) is 9.97 Å². The van der Waals surface area contributed by atoms with Crippen LogP contribution in [0.25, 0.3) is 5.69 Å². The Kier molecular flexibility index (Phi) is 6.54. The number of ether oxygens (including phenoxy) is 1. The van der Waals surface area contributed by atoms with Crippen molar-refractivity contribution in [2.45, 2.75) is 19.9 Å². The second kappa shape index (κ2) is 9.94. The number of hydrogen-bond donors (Lipinski definition) is 2. The van der Waals surface area contributed by atoms with E-state index in [4.69, 9.17) is 22.1 Å². The molecule has 188 valence electrons. The van der Waals surface area contributed by atoms with Gasteiger partial charge in [-0.2, -0.15) is 0 Å². The smallest absolute Gasteiger partial charge is 0.278 e. The summed E-state index contributed by atoms with van der Waals surface area (Å²) in [6.45, 7) is 3.13. The Morgan fingerprint density at radius 2 is 1.95 bits per heavy atom. The highest BCUT2D eigenvalue weighted by Crippen LogP contribution is 2.26. The molecule has 5 rings (SSSR count). The molecule has 0 bridgehead atoms. The van der Waals surface area contributed by atoms with Crippen molar-refractivity contribution in [1.82, 2.24) is 14.5 Å². The fourth-order valence-electron chi connectivity index (χ4n) is 4.44. The number of nitrogen functional groups attached to an aromatic ring is 1. The lowest BCUT2D eigenvalue weighted by Gasteiger charge is -2.30. The summed E-state index contributed by atoms with van der Waals surface area (Å²) in [5, 5.41) is 3.20. The number of hydrogen-bond acceptors (Lipinski definition) is 7. The monoisotopic (exact) mass is 516 g/mol. The molecule has 0 fully saturated rings. The molecule has 1 amide bonds. The molecule has 37 heavy (non-hydrogen) atoms. The van der Waals surface area contributed by atoms with E-state index in [-0.39, 0.29) is 17.4 Å². The van der Waals surface area contributed by atoms with E-state index >= 15 is 0 Å². The first-order valence-corrected chi connectivity index (χ1v) is 12.0. The van der Waals surface area contributed by atoms with Crippen molar-refractivity contribution in [3.8, 4) is 11.4 Å². The van der Waals surface area contributed by atoms with Gasteiger partial charge >= 0.3 is 0 Å². The van der Waals surface area contributed by atoms with Crippen LogP contribution >= 0.6 is 11.6 Å². The van der Waals surface area contributed by atoms with Gasteiger partial charge in [0.1, 0.15) is 11.4 Å². The molecule has 0 atom stereocenters. The molecule has 1 aliphatic heterocycles. The van der Waals surface area contributed by atoms with Gasteiger partial charge in [0.25, 0.3) is 11.5 Å². The molecule has 0 saturated carbocycles. The number of anilines is 3. The van der Waals surface area contributed by atoms with Crippen molar-refractivity contribution in [2.75, 3.05) is 29.6 Å². The summed E-state index contributed by atoms with van der Waals surface area (Å²) < 4.78 is 6.74. The average Bonchev–Trinajstić information content (AvgIpc) is 2.89. The first kappa shape index (κ1) is 24.3. The number of aryl methyl sites for hydroxylation is 1. The number of benzene rings is 2. The van der Waals surface area contributed by atoms with Gasteiger partial charge in [0.15, 0.2) is 0 Å². The number of fused-ring (bicyclic) bond motifs is 1. The number of amides is 1. The standard InChI is InChI=1S/C27H25ClN6O3/c1-16-9-12-34(26(36)24(16)33-11-10-22-18(15-33)14-30-27(29)32-22)20-6-4-19(5-7-20)31-25(35)17-3-8-23(37-2)21(28)13-17/h3-9,12-14H,10-11,15H2,1-2H3,(H,31,35)(H2,29,30,32). The SMILES string of the molecule is COc1ccc(C(=O)Nc2ccc(-n3ccc(C)c(N4CCc5nc(N)ncc5C4)c3=O)cc2)cc1Cl. The number of aromatic nitrogens is 3. The third-order valence-electron chi connectivity index (χ3n) is 6.35. The molecule has 9 nitrogen and oxygen atoms in total. The number of nitrogens with two attached hydrogens (primary N) is 1. The molecule has 1 aliphatic rings. The summed E-state index contributed by atoms with van der Waals surface area (Å²) in [5.74, 6) is 0.457. The largest absolute Gasteiger partial charge is 0.495 e. The molecule has 2 aromatic carbocycles. The van der Waals surface area contributed by atoms with Crippen molar-refractivity contribution in [3.63, 3.8) is 0 Å². The van der Waals surface area contributed by atoms with E-state index in [1.807, 2.05) is 13.0 Å². The van der Waals surface area contributed by atoms with Crippen molar-refractivity contribution < 1.29 is 9.53 Å². The van der Waals surface area contributed by atoms with E-state index in [1.54, 1.807) is 59.4 Å². The van der Waals surface area contributed by atoms with Crippen LogP contribution in [0.2, 0.25) is 5.02 Å². The Morgan fingerprint density at radius 3 is 2.68 bits per heavy atom. The maximum atomic E-state index is 13.6. The molecule has 4 aromatic rings. The molecular weight excluding hydrogens is 492 g/mol. The average molecular weight is 517 g/mol. The van der Waals surface area contributed by atoms with Gasteiger partial charge in [-0.15, -0.1) is 0 Å². The fraction of sp³-hybridized carbons (Fsp3) is 0.185. The van der Waals surface area contributed by atoms with Crippen LogP contribution in [0, 0.1) is 6.92 Å². The zero-order valence-corrected chi connectivity index (χ0v) is 21.1. The molecule has 0 spiro atoms. The number of pyridine rings is 1. The number of carbonyl (C=O) groups excluding carboxylic acids is 1. The van der Waals surface area contributed by atoms with Crippen LogP contribution < -0.4 is 26.2 Å². The van der Waals surface area contributed by atoms with Crippen molar-refractivity contribution in [1.29, 1.82) is 0 Å². The molecule has 0 radical (unpaired) electrons. The fourth-order valence-corrected chi connectivity index (χ4v) is 4.70. The second-order valence-electron chi connectivity index (χ2n) is 8.74. The van der Waals surface area contributed by atoms with E-state index in [1.165, 1.54) is 7.11 Å². The van der Waals surface area contributed by atoms with Crippen LogP contribution in [0.3, 0.4) is 0 Å². The summed E-state index contributed by atoms with van der Waals surface area (Å²) >= 11 is 6.14. The Hall–Kier alpha value is -4.37. The summed E-state index contributed by atoms with van der Waals surface area (Å²) in [4.78, 5) is 36.7. The zero-order valence-electron chi connectivity index (χ0n) is 20.4. The van der Waals surface area contributed by atoms with Gasteiger partial charge in [0.2, 0.25) is 5.95 Å². The lowest BCUT2D eigenvalue weighted by atomic mass is 10.1. The molecule has 0 saturated heterocycles. The minimum atomic E-state index is -0.303. The number of rotatable bonds is 5. The van der Waals surface area contributed by atoms with Gasteiger partial charge < -0.3 is 20.7 Å². The second-order valence-corrected chi connectivity index (χ2v) is 9.15. The third kappa shape index (κ3) is 4.85. The van der Waals surface area contributed by atoms with E-state index < -0.39 is 0 Å². The number of halogens is 1. The van der Waals surface area contributed by atoms with Crippen LogP contribution in [-0.4, -0.2) is 34.1 Å². The van der Waals surface area contributed by atoms with Crippen molar-refractivity contribution in [3.05, 3.63) is 98.7 Å². The van der Waals surface area contributed by atoms with E-state index in [0.29, 0.717) is 52.9 Å². The maximum absolute atomic E-state index is 13.6. The molecule has 3 heterocycles. The van der Waals surface area contributed by atoms with Crippen LogP contribution in [-0.2, 0) is 13.0 Å².